The summed E-state index contributed by atoms with van der Waals surface area (Å²) in [5.74, 6) is -4.00. The van der Waals surface area contributed by atoms with Gasteiger partial charge in [-0.1, -0.05) is 136 Å². The largest absolute Gasteiger partial charge is 0.481 e. The lowest BCUT2D eigenvalue weighted by atomic mass is 9.84. The molecule has 0 bridgehead atoms. The Balaban J connectivity index is 5.46. The van der Waals surface area contributed by atoms with Gasteiger partial charge in [-0.3, -0.25) is 9.59 Å². The van der Waals surface area contributed by atoms with Gasteiger partial charge in [0, 0.05) is 0 Å². The number of carbonyl (C=O) groups excluding carboxylic acids is 1. The lowest BCUT2D eigenvalue weighted by Gasteiger charge is -2.35. The van der Waals surface area contributed by atoms with E-state index in [1.165, 1.54) is 77.0 Å². The minimum atomic E-state index is -2.67. The number of hydrogen-bond acceptors (Lipinski definition) is 5. The fourth-order valence-electron chi connectivity index (χ4n) is 5.72. The van der Waals surface area contributed by atoms with Gasteiger partial charge in [-0.15, -0.1) is 0 Å². The van der Waals surface area contributed by atoms with Crippen molar-refractivity contribution < 1.29 is 34.4 Å². The minimum Gasteiger partial charge on any atom is -0.481 e. The predicted molar refractivity (Wildman–Crippen MR) is 166 cm³/mol. The SMILES string of the molecule is CCCCCCCCCCCC(CCCCCCCC)(CCCCCCCC)OC(=O)CC(O)(CC(=O)O)C(=O)O. The van der Waals surface area contributed by atoms with Crippen molar-refractivity contribution in [1.82, 2.24) is 0 Å². The van der Waals surface area contributed by atoms with Crippen LogP contribution in [0.5, 0.6) is 0 Å². The van der Waals surface area contributed by atoms with Crippen molar-refractivity contribution >= 4 is 17.9 Å². The van der Waals surface area contributed by atoms with E-state index in [-0.39, 0.29) is 0 Å². The highest BCUT2D eigenvalue weighted by Crippen LogP contribution is 2.34. The first-order valence-electron chi connectivity index (χ1n) is 17.0. The van der Waals surface area contributed by atoms with Gasteiger partial charge in [0.25, 0.3) is 0 Å². The van der Waals surface area contributed by atoms with Crippen molar-refractivity contribution in [2.24, 2.45) is 0 Å². The van der Waals surface area contributed by atoms with Crippen molar-refractivity contribution in [2.45, 2.75) is 199 Å². The van der Waals surface area contributed by atoms with E-state index in [0.29, 0.717) is 0 Å². The van der Waals surface area contributed by atoms with E-state index in [1.54, 1.807) is 0 Å². The molecule has 0 aliphatic heterocycles. The molecule has 1 atom stereocenters. The van der Waals surface area contributed by atoms with E-state index in [9.17, 15) is 24.6 Å². The number of carbonyl (C=O) groups is 3. The Hall–Kier alpha value is -1.63. The second kappa shape index (κ2) is 24.9. The Kier molecular flexibility index (Phi) is 23.9. The highest BCUT2D eigenvalue weighted by atomic mass is 16.6. The second-order valence-electron chi connectivity index (χ2n) is 12.4. The summed E-state index contributed by atoms with van der Waals surface area (Å²) in [5, 5.41) is 29.1. The molecule has 242 valence electrons. The summed E-state index contributed by atoms with van der Waals surface area (Å²) in [4.78, 5) is 36.0. The summed E-state index contributed by atoms with van der Waals surface area (Å²) < 4.78 is 6.14. The molecule has 0 rings (SSSR count). The molecule has 0 saturated carbocycles. The first-order chi connectivity index (χ1) is 19.6. The van der Waals surface area contributed by atoms with Crippen LogP contribution in [0.15, 0.2) is 0 Å². The van der Waals surface area contributed by atoms with Gasteiger partial charge in [-0.05, 0) is 38.5 Å². The lowest BCUT2D eigenvalue weighted by molar-refractivity contribution is -0.179. The molecule has 0 heterocycles. The average molecular weight is 585 g/mol. The number of aliphatic hydroxyl groups is 1. The van der Waals surface area contributed by atoms with Gasteiger partial charge >= 0.3 is 17.9 Å². The second-order valence-corrected chi connectivity index (χ2v) is 12.4. The summed E-state index contributed by atoms with van der Waals surface area (Å²) in [6.45, 7) is 6.61. The molecule has 0 fully saturated rings. The minimum absolute atomic E-state index is 0.698. The van der Waals surface area contributed by atoms with Crippen molar-refractivity contribution in [1.29, 1.82) is 0 Å². The fraction of sp³-hybridized carbons (Fsp3) is 0.912. The smallest absolute Gasteiger partial charge is 0.336 e. The third-order valence-electron chi connectivity index (χ3n) is 8.32. The van der Waals surface area contributed by atoms with E-state index < -0.39 is 42.0 Å². The maximum Gasteiger partial charge on any atom is 0.336 e. The maximum atomic E-state index is 13.1. The van der Waals surface area contributed by atoms with Gasteiger partial charge in [-0.2, -0.15) is 0 Å². The number of carboxylic acids is 2. The first-order valence-corrected chi connectivity index (χ1v) is 17.0. The van der Waals surface area contributed by atoms with Gasteiger partial charge in [0.2, 0.25) is 0 Å². The molecule has 0 aromatic heterocycles. The third kappa shape index (κ3) is 20.8. The summed E-state index contributed by atoms with van der Waals surface area (Å²) >= 11 is 0. The van der Waals surface area contributed by atoms with E-state index in [2.05, 4.69) is 20.8 Å². The monoisotopic (exact) mass is 584 g/mol. The van der Waals surface area contributed by atoms with Gasteiger partial charge in [0.15, 0.2) is 5.60 Å². The first kappa shape index (κ1) is 39.4. The molecule has 0 spiro atoms. The molecule has 7 nitrogen and oxygen atoms in total. The van der Waals surface area contributed by atoms with E-state index >= 15 is 0 Å². The highest BCUT2D eigenvalue weighted by Gasteiger charge is 2.43. The number of ether oxygens (including phenoxy) is 1. The molecule has 41 heavy (non-hydrogen) atoms. The quantitative estimate of drug-likeness (QED) is 0.0568. The molecule has 0 amide bonds. The molecular formula is C34H64O7. The van der Waals surface area contributed by atoms with Gasteiger partial charge < -0.3 is 20.1 Å². The van der Waals surface area contributed by atoms with Gasteiger partial charge in [-0.25, -0.2) is 4.79 Å². The Morgan fingerprint density at radius 1 is 0.512 bits per heavy atom. The lowest BCUT2D eigenvalue weighted by Crippen LogP contribution is -2.45. The molecule has 0 aromatic carbocycles. The normalized spacial score (nSPS) is 13.2. The van der Waals surface area contributed by atoms with Crippen LogP contribution in [-0.2, 0) is 19.1 Å². The number of unbranched alkanes of at least 4 members (excludes halogenated alkanes) is 18. The zero-order chi connectivity index (χ0) is 30.8. The van der Waals surface area contributed by atoms with Crippen molar-refractivity contribution in [3.8, 4) is 0 Å². The molecular weight excluding hydrogens is 520 g/mol. The molecule has 0 saturated heterocycles. The van der Waals surface area contributed by atoms with Crippen molar-refractivity contribution in [3.63, 3.8) is 0 Å². The zero-order valence-electron chi connectivity index (χ0n) is 26.9. The van der Waals surface area contributed by atoms with Crippen molar-refractivity contribution in [2.75, 3.05) is 0 Å². The van der Waals surface area contributed by atoms with Crippen LogP contribution in [0.25, 0.3) is 0 Å². The summed E-state index contributed by atoms with van der Waals surface area (Å²) in [7, 11) is 0. The van der Waals surface area contributed by atoms with Crippen LogP contribution < -0.4 is 0 Å². The van der Waals surface area contributed by atoms with Gasteiger partial charge in [0.05, 0.1) is 12.8 Å². The maximum absolute atomic E-state index is 13.1. The molecule has 1 unspecified atom stereocenters. The summed E-state index contributed by atoms with van der Waals surface area (Å²) in [6, 6.07) is 0. The van der Waals surface area contributed by atoms with Crippen molar-refractivity contribution in [3.05, 3.63) is 0 Å². The molecule has 0 aromatic rings. The number of aliphatic carboxylic acids is 2. The predicted octanol–water partition coefficient (Wildman–Crippen LogP) is 9.37. The van der Waals surface area contributed by atoms with Gasteiger partial charge in [0.1, 0.15) is 5.60 Å². The van der Waals surface area contributed by atoms with E-state index in [4.69, 9.17) is 9.84 Å². The van der Waals surface area contributed by atoms with Crippen LogP contribution in [0.2, 0.25) is 0 Å². The number of rotatable bonds is 30. The van der Waals surface area contributed by atoms with Crippen LogP contribution in [0.3, 0.4) is 0 Å². The summed E-state index contributed by atoms with van der Waals surface area (Å²) in [5.41, 5.74) is -3.37. The zero-order valence-corrected chi connectivity index (χ0v) is 26.9. The molecule has 0 aliphatic rings. The van der Waals surface area contributed by atoms with Crippen LogP contribution in [0.1, 0.15) is 188 Å². The van der Waals surface area contributed by atoms with Crippen LogP contribution in [0, 0.1) is 0 Å². The third-order valence-corrected chi connectivity index (χ3v) is 8.32. The molecule has 0 radical (unpaired) electrons. The highest BCUT2D eigenvalue weighted by molar-refractivity contribution is 5.88. The van der Waals surface area contributed by atoms with Crippen LogP contribution in [0.4, 0.5) is 0 Å². The van der Waals surface area contributed by atoms with Crippen LogP contribution in [-0.4, -0.2) is 44.4 Å². The molecule has 0 aliphatic carbocycles. The molecule has 3 N–H and O–H groups in total. The van der Waals surface area contributed by atoms with E-state index in [1.807, 2.05) is 0 Å². The topological polar surface area (TPSA) is 121 Å². The van der Waals surface area contributed by atoms with E-state index in [0.717, 1.165) is 77.0 Å². The molecule has 7 heteroatoms. The fourth-order valence-corrected chi connectivity index (χ4v) is 5.72. The number of carboxylic acid groups (broad SMARTS) is 2. The standard InChI is InChI=1S/C34H64O7/c1-4-7-10-13-16-17-18-21-24-27-33(25-22-19-14-11-8-5-2,26-23-20-15-12-9-6-3)41-31(37)29-34(40,32(38)39)28-30(35)36/h40H,4-29H2,1-3H3,(H,35,36)(H,38,39). The average Bonchev–Trinajstić information content (AvgIpc) is 2.91. The summed E-state index contributed by atoms with van der Waals surface area (Å²) in [6.07, 6.45) is 24.5. The Labute approximate surface area is 251 Å². The Morgan fingerprint density at radius 2 is 0.829 bits per heavy atom. The van der Waals surface area contributed by atoms with Crippen LogP contribution >= 0.6 is 0 Å². The number of esters is 1. The Morgan fingerprint density at radius 3 is 1.12 bits per heavy atom. The Bertz CT molecular complexity index is 662. The number of hydrogen-bond donors (Lipinski definition) is 3.